The molecule has 190 valence electrons. The van der Waals surface area contributed by atoms with E-state index in [0.717, 1.165) is 29.7 Å². The number of halogens is 1. The Kier molecular flexibility index (Phi) is 8.50. The molecule has 9 heteroatoms. The van der Waals surface area contributed by atoms with Crippen LogP contribution in [-0.2, 0) is 15.9 Å². The van der Waals surface area contributed by atoms with Gasteiger partial charge in [-0.05, 0) is 50.8 Å². The number of carbonyl (C=O) groups excluding carboxylic acids is 2. The molecule has 2 heterocycles. The van der Waals surface area contributed by atoms with Gasteiger partial charge in [-0.1, -0.05) is 22.5 Å². The molecule has 0 bridgehead atoms. The molecular formula is C26H35BrN4O4. The molecule has 3 unspecified atom stereocenters. The van der Waals surface area contributed by atoms with Crippen LogP contribution in [0.2, 0.25) is 0 Å². The number of amides is 1. The molecule has 0 radical (unpaired) electrons. The zero-order valence-corrected chi connectivity index (χ0v) is 22.8. The minimum absolute atomic E-state index is 0.000150. The standard InChI is InChI=1S/C26H35BrN4O4/c1-16-20(27)13-19(34-15-17-8-10-31(14-17)25(33)35-26(2,3)4)11-18-12-21(29-23(16)18)24(32)22(7-9-28)30(5)6/h7,12,17,19-20,29H,1,8,10-11,13-15H2,2-6H3/b22-7-. The fraction of sp³-hybridized carbons (Fsp3) is 0.577. The molecule has 0 spiro atoms. The molecule has 3 rings (SSSR count). The first-order chi connectivity index (χ1) is 16.4. The quantitative estimate of drug-likeness (QED) is 0.185. The van der Waals surface area contributed by atoms with E-state index in [4.69, 9.17) is 14.7 Å². The number of rotatable bonds is 6. The molecule has 35 heavy (non-hydrogen) atoms. The van der Waals surface area contributed by atoms with Crippen molar-refractivity contribution in [1.82, 2.24) is 14.8 Å². The average molecular weight is 547 g/mol. The number of carbonyl (C=O) groups is 2. The van der Waals surface area contributed by atoms with Crippen molar-refractivity contribution in [3.8, 4) is 6.07 Å². The van der Waals surface area contributed by atoms with E-state index < -0.39 is 5.60 Å². The Morgan fingerprint density at radius 2 is 2.11 bits per heavy atom. The van der Waals surface area contributed by atoms with Gasteiger partial charge in [-0.25, -0.2) is 4.79 Å². The Morgan fingerprint density at radius 1 is 1.40 bits per heavy atom. The van der Waals surface area contributed by atoms with Crippen LogP contribution in [0.4, 0.5) is 4.79 Å². The van der Waals surface area contributed by atoms with Gasteiger partial charge in [-0.2, -0.15) is 5.26 Å². The molecule has 1 aromatic heterocycles. The van der Waals surface area contributed by atoms with Crippen molar-refractivity contribution in [3.63, 3.8) is 0 Å². The number of allylic oxidation sites excluding steroid dienone is 3. The van der Waals surface area contributed by atoms with Gasteiger partial charge in [0.25, 0.3) is 0 Å². The molecule has 1 amide bonds. The molecule has 0 saturated carbocycles. The molecule has 3 atom stereocenters. The monoisotopic (exact) mass is 546 g/mol. The van der Waals surface area contributed by atoms with Gasteiger partial charge in [0.1, 0.15) is 5.60 Å². The van der Waals surface area contributed by atoms with Gasteiger partial charge in [0, 0.05) is 56.1 Å². The molecule has 0 aromatic carbocycles. The number of hydrogen-bond donors (Lipinski definition) is 1. The van der Waals surface area contributed by atoms with Crippen LogP contribution in [0.3, 0.4) is 0 Å². The van der Waals surface area contributed by atoms with Gasteiger partial charge < -0.3 is 24.3 Å². The van der Waals surface area contributed by atoms with Crippen LogP contribution in [0, 0.1) is 17.2 Å². The highest BCUT2D eigenvalue weighted by Crippen LogP contribution is 2.35. The molecule has 1 saturated heterocycles. The number of ketones is 1. The van der Waals surface area contributed by atoms with E-state index in [-0.39, 0.29) is 28.7 Å². The molecule has 1 aromatic rings. The largest absolute Gasteiger partial charge is 0.444 e. The number of alkyl halides is 1. The summed E-state index contributed by atoms with van der Waals surface area (Å²) in [5.74, 6) is 0.0126. The predicted molar refractivity (Wildman–Crippen MR) is 138 cm³/mol. The Bertz CT molecular complexity index is 1050. The Balaban J connectivity index is 1.66. The zero-order chi connectivity index (χ0) is 25.9. The summed E-state index contributed by atoms with van der Waals surface area (Å²) in [6, 6.07) is 3.79. The van der Waals surface area contributed by atoms with Gasteiger partial charge in [0.2, 0.25) is 5.78 Å². The third kappa shape index (κ3) is 6.77. The molecule has 1 N–H and O–H groups in total. The summed E-state index contributed by atoms with van der Waals surface area (Å²) in [6.45, 7) is 11.7. The highest BCUT2D eigenvalue weighted by atomic mass is 79.9. The Hall–Kier alpha value is -2.57. The van der Waals surface area contributed by atoms with Crippen LogP contribution < -0.4 is 0 Å². The topological polar surface area (TPSA) is 98.7 Å². The van der Waals surface area contributed by atoms with E-state index in [0.29, 0.717) is 37.5 Å². The van der Waals surface area contributed by atoms with Crippen LogP contribution in [0.15, 0.2) is 24.4 Å². The van der Waals surface area contributed by atoms with Gasteiger partial charge in [0.05, 0.1) is 30.2 Å². The summed E-state index contributed by atoms with van der Waals surface area (Å²) < 4.78 is 11.8. The lowest BCUT2D eigenvalue weighted by molar-refractivity contribution is 0.0194. The normalized spacial score (nSPS) is 22.9. The van der Waals surface area contributed by atoms with Crippen molar-refractivity contribution >= 4 is 33.4 Å². The number of hydrogen-bond acceptors (Lipinski definition) is 6. The van der Waals surface area contributed by atoms with E-state index >= 15 is 0 Å². The number of fused-ring (bicyclic) bond motifs is 1. The molecule has 1 aliphatic carbocycles. The van der Waals surface area contributed by atoms with Gasteiger partial charge in [-0.3, -0.25) is 4.79 Å². The number of H-pyrrole nitrogens is 1. The minimum Gasteiger partial charge on any atom is -0.444 e. The number of nitrogens with one attached hydrogen (secondary N) is 1. The number of likely N-dealkylation sites (N-methyl/N-ethyl adjacent to an activating group) is 1. The van der Waals surface area contributed by atoms with Crippen molar-refractivity contribution in [2.24, 2.45) is 5.92 Å². The SMILES string of the molecule is C=C1c2[nH]c(C(=O)/C(=C/C#N)N(C)C)cc2CC(OCC2CCN(C(=O)OC(C)(C)C)C2)CC1Br. The van der Waals surface area contributed by atoms with E-state index in [9.17, 15) is 9.59 Å². The summed E-state index contributed by atoms with van der Waals surface area (Å²) in [7, 11) is 3.47. The summed E-state index contributed by atoms with van der Waals surface area (Å²) >= 11 is 3.73. The first kappa shape index (κ1) is 27.0. The molecule has 1 aliphatic heterocycles. The number of nitriles is 1. The zero-order valence-electron chi connectivity index (χ0n) is 21.2. The summed E-state index contributed by atoms with van der Waals surface area (Å²) in [5.41, 5.74) is 2.92. The molecule has 2 aliphatic rings. The number of aromatic nitrogens is 1. The van der Waals surface area contributed by atoms with Crippen molar-refractivity contribution in [2.75, 3.05) is 33.8 Å². The smallest absolute Gasteiger partial charge is 0.410 e. The number of likely N-dealkylation sites (tertiary alicyclic amines) is 1. The van der Waals surface area contributed by atoms with Crippen LogP contribution in [0.1, 0.15) is 55.4 Å². The van der Waals surface area contributed by atoms with Crippen LogP contribution in [-0.4, -0.2) is 77.0 Å². The third-order valence-electron chi connectivity index (χ3n) is 6.18. The first-order valence-electron chi connectivity index (χ1n) is 11.9. The number of aromatic amines is 1. The lowest BCUT2D eigenvalue weighted by Gasteiger charge is -2.24. The second-order valence-electron chi connectivity index (χ2n) is 10.4. The molecule has 8 nitrogen and oxygen atoms in total. The average Bonchev–Trinajstić information content (AvgIpc) is 3.38. The maximum Gasteiger partial charge on any atom is 0.410 e. The van der Waals surface area contributed by atoms with Gasteiger partial charge >= 0.3 is 6.09 Å². The maximum atomic E-state index is 13.0. The van der Waals surface area contributed by atoms with E-state index in [1.165, 1.54) is 6.08 Å². The van der Waals surface area contributed by atoms with Crippen LogP contribution in [0.25, 0.3) is 5.57 Å². The maximum absolute atomic E-state index is 13.0. The Morgan fingerprint density at radius 3 is 2.74 bits per heavy atom. The van der Waals surface area contributed by atoms with E-state index in [1.807, 2.05) is 32.9 Å². The molecule has 1 fully saturated rings. The van der Waals surface area contributed by atoms with E-state index in [1.54, 1.807) is 23.9 Å². The lowest BCUT2D eigenvalue weighted by atomic mass is 10.1. The van der Waals surface area contributed by atoms with Gasteiger partial charge in [-0.15, -0.1) is 0 Å². The van der Waals surface area contributed by atoms with Crippen molar-refractivity contribution in [1.29, 1.82) is 5.26 Å². The predicted octanol–water partition coefficient (Wildman–Crippen LogP) is 4.53. The molecular weight excluding hydrogens is 512 g/mol. The highest BCUT2D eigenvalue weighted by Gasteiger charge is 2.32. The van der Waals surface area contributed by atoms with Gasteiger partial charge in [0.15, 0.2) is 0 Å². The minimum atomic E-state index is -0.508. The number of nitrogens with zero attached hydrogens (tertiary/aromatic N) is 3. The first-order valence-corrected chi connectivity index (χ1v) is 12.8. The second kappa shape index (κ2) is 11.0. The summed E-state index contributed by atoms with van der Waals surface area (Å²) in [4.78, 5) is 32.0. The number of ether oxygens (including phenoxy) is 2. The van der Waals surface area contributed by atoms with Crippen LogP contribution >= 0.6 is 15.9 Å². The summed E-state index contributed by atoms with van der Waals surface area (Å²) in [6.07, 6.45) is 3.19. The Labute approximate surface area is 216 Å². The number of Topliss-reactive ketones (excluding diaryl/α,β-unsaturated/α-hetero) is 1. The van der Waals surface area contributed by atoms with Crippen molar-refractivity contribution < 1.29 is 19.1 Å². The summed E-state index contributed by atoms with van der Waals surface area (Å²) in [5, 5.41) is 9.06. The van der Waals surface area contributed by atoms with E-state index in [2.05, 4.69) is 27.5 Å². The third-order valence-corrected chi connectivity index (χ3v) is 7.11. The van der Waals surface area contributed by atoms with Crippen molar-refractivity contribution in [2.45, 2.75) is 56.6 Å². The second-order valence-corrected chi connectivity index (χ2v) is 11.5. The lowest BCUT2D eigenvalue weighted by Crippen LogP contribution is -2.35. The fourth-order valence-corrected chi connectivity index (χ4v) is 5.03. The fourth-order valence-electron chi connectivity index (χ4n) is 4.38. The van der Waals surface area contributed by atoms with Crippen molar-refractivity contribution in [3.05, 3.63) is 41.4 Å². The highest BCUT2D eigenvalue weighted by molar-refractivity contribution is 9.09. The van der Waals surface area contributed by atoms with Crippen LogP contribution in [0.5, 0.6) is 0 Å².